The number of sulfonamides is 1. The molecular weight excluding hydrogens is 412 g/mol. The molecule has 10 heteroatoms. The number of amides is 2. The zero-order valence-corrected chi connectivity index (χ0v) is 18.5. The van der Waals surface area contributed by atoms with Crippen LogP contribution in [0.1, 0.15) is 26.2 Å². The molecule has 3 heterocycles. The number of likely N-dealkylation sites (N-methyl/N-ethyl adjacent to an activating group) is 1. The van der Waals surface area contributed by atoms with Crippen LogP contribution in [-0.4, -0.2) is 86.7 Å². The van der Waals surface area contributed by atoms with Gasteiger partial charge in [0.05, 0.1) is 12.5 Å². The van der Waals surface area contributed by atoms with Gasteiger partial charge in [-0.05, 0) is 37.6 Å². The van der Waals surface area contributed by atoms with Crippen molar-refractivity contribution < 1.29 is 18.0 Å². The van der Waals surface area contributed by atoms with Crippen LogP contribution in [-0.2, 0) is 19.6 Å². The van der Waals surface area contributed by atoms with Crippen LogP contribution in [0.3, 0.4) is 0 Å². The standard InChI is InChI=1S/C19H30N4O4S2/c1-2-20-17(24)15-21-8-5-9-22(12-11-21)19(25)16-6-3-10-23(14-16)29(26,27)18-7-4-13-28-18/h4,7,13,16H,2-3,5-6,8-12,14-15H2,1H3,(H,20,24). The summed E-state index contributed by atoms with van der Waals surface area (Å²) < 4.78 is 27.4. The Kier molecular flexibility index (Phi) is 7.66. The molecule has 2 saturated heterocycles. The summed E-state index contributed by atoms with van der Waals surface area (Å²) in [7, 11) is -3.52. The second-order valence-electron chi connectivity index (χ2n) is 7.54. The molecule has 1 atom stereocenters. The van der Waals surface area contributed by atoms with E-state index in [1.165, 1.54) is 15.6 Å². The van der Waals surface area contributed by atoms with E-state index in [-0.39, 0.29) is 24.3 Å². The molecule has 29 heavy (non-hydrogen) atoms. The van der Waals surface area contributed by atoms with Crippen LogP contribution < -0.4 is 5.32 Å². The van der Waals surface area contributed by atoms with E-state index in [0.717, 1.165) is 13.0 Å². The van der Waals surface area contributed by atoms with E-state index in [1.807, 2.05) is 11.8 Å². The van der Waals surface area contributed by atoms with E-state index < -0.39 is 10.0 Å². The fourth-order valence-corrected chi connectivity index (χ4v) is 6.63. The van der Waals surface area contributed by atoms with Crippen molar-refractivity contribution in [2.75, 3.05) is 52.4 Å². The average molecular weight is 443 g/mol. The van der Waals surface area contributed by atoms with Gasteiger partial charge in [-0.1, -0.05) is 6.07 Å². The molecule has 0 aliphatic carbocycles. The van der Waals surface area contributed by atoms with Crippen molar-refractivity contribution in [1.29, 1.82) is 0 Å². The first-order valence-electron chi connectivity index (χ1n) is 10.2. The Bertz CT molecular complexity index is 797. The normalized spacial score (nSPS) is 22.2. The number of hydrogen-bond donors (Lipinski definition) is 1. The van der Waals surface area contributed by atoms with Gasteiger partial charge < -0.3 is 10.2 Å². The van der Waals surface area contributed by atoms with Gasteiger partial charge in [-0.2, -0.15) is 4.31 Å². The first-order valence-corrected chi connectivity index (χ1v) is 12.5. The summed E-state index contributed by atoms with van der Waals surface area (Å²) in [6, 6.07) is 3.34. The highest BCUT2D eigenvalue weighted by molar-refractivity contribution is 7.91. The molecule has 2 fully saturated rings. The van der Waals surface area contributed by atoms with Gasteiger partial charge >= 0.3 is 0 Å². The van der Waals surface area contributed by atoms with Crippen molar-refractivity contribution in [3.63, 3.8) is 0 Å². The number of nitrogens with zero attached hydrogens (tertiary/aromatic N) is 3. The van der Waals surface area contributed by atoms with Gasteiger partial charge in [0.2, 0.25) is 11.8 Å². The number of carbonyl (C=O) groups excluding carboxylic acids is 2. The molecular formula is C19H30N4O4S2. The summed E-state index contributed by atoms with van der Waals surface area (Å²) in [6.45, 7) is 6.24. The predicted octanol–water partition coefficient (Wildman–Crippen LogP) is 0.819. The van der Waals surface area contributed by atoms with Crippen LogP contribution in [0, 0.1) is 5.92 Å². The third-order valence-electron chi connectivity index (χ3n) is 5.46. The van der Waals surface area contributed by atoms with Crippen LogP contribution >= 0.6 is 11.3 Å². The molecule has 0 radical (unpaired) electrons. The molecule has 1 unspecified atom stereocenters. The number of hydrogen-bond acceptors (Lipinski definition) is 6. The summed E-state index contributed by atoms with van der Waals surface area (Å²) in [6.07, 6.45) is 2.22. The highest BCUT2D eigenvalue weighted by Gasteiger charge is 2.35. The number of thiophene rings is 1. The van der Waals surface area contributed by atoms with Crippen molar-refractivity contribution in [2.45, 2.75) is 30.4 Å². The van der Waals surface area contributed by atoms with Gasteiger partial charge in [0, 0.05) is 45.8 Å². The molecule has 0 spiro atoms. The van der Waals surface area contributed by atoms with Gasteiger partial charge in [-0.15, -0.1) is 11.3 Å². The number of piperidine rings is 1. The van der Waals surface area contributed by atoms with Crippen LogP contribution in [0.15, 0.2) is 21.7 Å². The molecule has 2 aliphatic heterocycles. The lowest BCUT2D eigenvalue weighted by Crippen LogP contribution is -2.47. The van der Waals surface area contributed by atoms with Gasteiger partial charge in [0.15, 0.2) is 0 Å². The predicted molar refractivity (Wildman–Crippen MR) is 112 cm³/mol. The first kappa shape index (κ1) is 22.2. The summed E-state index contributed by atoms with van der Waals surface area (Å²) in [5.41, 5.74) is 0. The third kappa shape index (κ3) is 5.56. The van der Waals surface area contributed by atoms with Crippen molar-refractivity contribution >= 4 is 33.2 Å². The molecule has 3 rings (SSSR count). The maximum Gasteiger partial charge on any atom is 0.252 e. The maximum absolute atomic E-state index is 13.1. The smallest absolute Gasteiger partial charge is 0.252 e. The van der Waals surface area contributed by atoms with E-state index >= 15 is 0 Å². The quantitative estimate of drug-likeness (QED) is 0.705. The van der Waals surface area contributed by atoms with Gasteiger partial charge in [0.25, 0.3) is 10.0 Å². The average Bonchev–Trinajstić information content (AvgIpc) is 3.16. The fraction of sp³-hybridized carbons (Fsp3) is 0.684. The Morgan fingerprint density at radius 1 is 1.17 bits per heavy atom. The molecule has 2 amide bonds. The summed E-state index contributed by atoms with van der Waals surface area (Å²) in [4.78, 5) is 28.9. The summed E-state index contributed by atoms with van der Waals surface area (Å²) in [5.74, 6) is -0.252. The van der Waals surface area contributed by atoms with Crippen LogP contribution in [0.5, 0.6) is 0 Å². The van der Waals surface area contributed by atoms with E-state index in [2.05, 4.69) is 10.2 Å². The summed E-state index contributed by atoms with van der Waals surface area (Å²) >= 11 is 1.21. The zero-order chi connectivity index (χ0) is 20.9. The topological polar surface area (TPSA) is 90.0 Å². The van der Waals surface area contributed by atoms with Crippen molar-refractivity contribution in [3.05, 3.63) is 17.5 Å². The number of nitrogens with one attached hydrogen (secondary N) is 1. The lowest BCUT2D eigenvalue weighted by Gasteiger charge is -2.33. The maximum atomic E-state index is 13.1. The molecule has 1 aromatic rings. The Morgan fingerprint density at radius 3 is 2.72 bits per heavy atom. The van der Waals surface area contributed by atoms with E-state index in [4.69, 9.17) is 0 Å². The molecule has 0 aromatic carbocycles. The van der Waals surface area contributed by atoms with E-state index in [9.17, 15) is 18.0 Å². The third-order valence-corrected chi connectivity index (χ3v) is 8.70. The number of rotatable bonds is 6. The molecule has 162 valence electrons. The fourth-order valence-electron chi connectivity index (χ4n) is 3.96. The minimum absolute atomic E-state index is 0.00832. The van der Waals surface area contributed by atoms with Gasteiger partial charge in [-0.3, -0.25) is 14.5 Å². The Balaban J connectivity index is 1.58. The second kappa shape index (κ2) is 10.0. The Morgan fingerprint density at radius 2 is 2.00 bits per heavy atom. The van der Waals surface area contributed by atoms with Crippen molar-refractivity contribution in [3.8, 4) is 0 Å². The van der Waals surface area contributed by atoms with Crippen molar-refractivity contribution in [1.82, 2.24) is 19.4 Å². The highest BCUT2D eigenvalue weighted by atomic mass is 32.2. The molecule has 1 N–H and O–H groups in total. The lowest BCUT2D eigenvalue weighted by atomic mass is 9.98. The SMILES string of the molecule is CCNC(=O)CN1CCCN(C(=O)C2CCCN(S(=O)(=O)c3cccs3)C2)CC1. The van der Waals surface area contributed by atoms with Crippen LogP contribution in [0.25, 0.3) is 0 Å². The molecule has 8 nitrogen and oxygen atoms in total. The van der Waals surface area contributed by atoms with E-state index in [0.29, 0.717) is 56.3 Å². The molecule has 1 aromatic heterocycles. The minimum Gasteiger partial charge on any atom is -0.355 e. The Labute approximate surface area is 176 Å². The number of carbonyl (C=O) groups is 2. The van der Waals surface area contributed by atoms with Gasteiger partial charge in [-0.25, -0.2) is 8.42 Å². The van der Waals surface area contributed by atoms with Crippen molar-refractivity contribution in [2.24, 2.45) is 5.92 Å². The highest BCUT2D eigenvalue weighted by Crippen LogP contribution is 2.27. The first-order chi connectivity index (χ1) is 13.9. The Hall–Kier alpha value is -1.49. The molecule has 2 aliphatic rings. The van der Waals surface area contributed by atoms with Gasteiger partial charge in [0.1, 0.15) is 4.21 Å². The van der Waals surface area contributed by atoms with Crippen LogP contribution in [0.4, 0.5) is 0 Å². The largest absolute Gasteiger partial charge is 0.355 e. The molecule has 0 saturated carbocycles. The monoisotopic (exact) mass is 442 g/mol. The van der Waals surface area contributed by atoms with E-state index in [1.54, 1.807) is 17.5 Å². The lowest BCUT2D eigenvalue weighted by molar-refractivity contribution is -0.136. The second-order valence-corrected chi connectivity index (χ2v) is 10.7. The minimum atomic E-state index is -3.52. The summed E-state index contributed by atoms with van der Waals surface area (Å²) in [5, 5.41) is 4.56. The van der Waals surface area contributed by atoms with Crippen LogP contribution in [0.2, 0.25) is 0 Å². The zero-order valence-electron chi connectivity index (χ0n) is 16.9. The molecule has 0 bridgehead atoms.